The second kappa shape index (κ2) is 6.71. The molecule has 0 atom stereocenters. The fourth-order valence-corrected chi connectivity index (χ4v) is 3.80. The van der Waals surface area contributed by atoms with Crippen molar-refractivity contribution in [2.24, 2.45) is 0 Å². The Labute approximate surface area is 149 Å². The standard InChI is InChI=1S/C18H16ClNO3S/c1-10-4-6-14(23-3)13(8-10)20-18(21)17-16(19)12-9-11(22-2)5-7-15(12)24-17/h4-9H,1-3H3,(H,20,21). The van der Waals surface area contributed by atoms with Gasteiger partial charge in [-0.1, -0.05) is 17.7 Å². The Kier molecular flexibility index (Phi) is 4.64. The van der Waals surface area contributed by atoms with Crippen LogP contribution in [0.3, 0.4) is 0 Å². The first-order valence-electron chi connectivity index (χ1n) is 7.25. The summed E-state index contributed by atoms with van der Waals surface area (Å²) in [6, 6.07) is 11.2. The summed E-state index contributed by atoms with van der Waals surface area (Å²) in [5.41, 5.74) is 1.65. The molecule has 1 heterocycles. The summed E-state index contributed by atoms with van der Waals surface area (Å²) in [5.74, 6) is 1.05. The number of hydrogen-bond acceptors (Lipinski definition) is 4. The number of aryl methyl sites for hydroxylation is 1. The molecule has 4 nitrogen and oxygen atoms in total. The van der Waals surface area contributed by atoms with Crippen molar-refractivity contribution in [3.63, 3.8) is 0 Å². The minimum atomic E-state index is -0.260. The number of anilines is 1. The van der Waals surface area contributed by atoms with Gasteiger partial charge in [-0.05, 0) is 42.8 Å². The summed E-state index contributed by atoms with van der Waals surface area (Å²) in [6.45, 7) is 1.95. The highest BCUT2D eigenvalue weighted by Crippen LogP contribution is 2.38. The van der Waals surface area contributed by atoms with Gasteiger partial charge in [0.25, 0.3) is 5.91 Å². The van der Waals surface area contributed by atoms with Crippen LogP contribution in [-0.4, -0.2) is 20.1 Å². The lowest BCUT2D eigenvalue weighted by Crippen LogP contribution is -2.11. The van der Waals surface area contributed by atoms with E-state index in [4.69, 9.17) is 21.1 Å². The van der Waals surface area contributed by atoms with Crippen molar-refractivity contribution in [3.05, 3.63) is 51.9 Å². The molecule has 0 unspecified atom stereocenters. The van der Waals surface area contributed by atoms with Crippen LogP contribution in [0.2, 0.25) is 5.02 Å². The molecule has 0 radical (unpaired) electrons. The van der Waals surface area contributed by atoms with E-state index in [1.165, 1.54) is 11.3 Å². The van der Waals surface area contributed by atoms with Crippen LogP contribution < -0.4 is 14.8 Å². The SMILES string of the molecule is COc1ccc2sc(C(=O)Nc3cc(C)ccc3OC)c(Cl)c2c1. The van der Waals surface area contributed by atoms with E-state index in [0.29, 0.717) is 27.1 Å². The summed E-state index contributed by atoms with van der Waals surface area (Å²) in [7, 11) is 3.16. The molecular weight excluding hydrogens is 346 g/mol. The van der Waals surface area contributed by atoms with E-state index >= 15 is 0 Å². The molecule has 0 spiro atoms. The van der Waals surface area contributed by atoms with Gasteiger partial charge >= 0.3 is 0 Å². The average Bonchev–Trinajstić information content (AvgIpc) is 2.91. The molecule has 0 bridgehead atoms. The second-order valence-electron chi connectivity index (χ2n) is 5.27. The van der Waals surface area contributed by atoms with E-state index in [1.807, 2.05) is 43.3 Å². The predicted molar refractivity (Wildman–Crippen MR) is 99.1 cm³/mol. The maximum atomic E-state index is 12.7. The van der Waals surface area contributed by atoms with Crippen molar-refractivity contribution in [1.29, 1.82) is 0 Å². The fraction of sp³-hybridized carbons (Fsp3) is 0.167. The minimum absolute atomic E-state index is 0.260. The molecule has 0 aliphatic carbocycles. The Hall–Kier alpha value is -2.24. The number of carbonyl (C=O) groups is 1. The molecule has 1 amide bonds. The van der Waals surface area contributed by atoms with Gasteiger partial charge in [0, 0.05) is 10.1 Å². The molecule has 3 aromatic rings. The van der Waals surface area contributed by atoms with Crippen LogP contribution >= 0.6 is 22.9 Å². The van der Waals surface area contributed by atoms with E-state index in [9.17, 15) is 4.79 Å². The average molecular weight is 362 g/mol. The Morgan fingerprint density at radius 2 is 1.92 bits per heavy atom. The molecular formula is C18H16ClNO3S. The maximum Gasteiger partial charge on any atom is 0.267 e. The van der Waals surface area contributed by atoms with Gasteiger partial charge in [0.1, 0.15) is 16.4 Å². The van der Waals surface area contributed by atoms with Gasteiger partial charge in [0.05, 0.1) is 24.9 Å². The van der Waals surface area contributed by atoms with Crippen LogP contribution in [0, 0.1) is 6.92 Å². The largest absolute Gasteiger partial charge is 0.497 e. The van der Waals surface area contributed by atoms with Gasteiger partial charge in [-0.2, -0.15) is 0 Å². The highest BCUT2D eigenvalue weighted by molar-refractivity contribution is 7.21. The number of amides is 1. The molecule has 1 N–H and O–H groups in total. The first-order valence-corrected chi connectivity index (χ1v) is 8.45. The number of halogens is 1. The molecule has 0 saturated carbocycles. The molecule has 0 aliphatic rings. The third kappa shape index (κ3) is 3.05. The van der Waals surface area contributed by atoms with Crippen molar-refractivity contribution in [1.82, 2.24) is 0 Å². The number of hydrogen-bond donors (Lipinski definition) is 1. The number of thiophene rings is 1. The Bertz CT molecular complexity index is 920. The molecule has 0 saturated heterocycles. The number of methoxy groups -OCH3 is 2. The Morgan fingerprint density at radius 3 is 2.62 bits per heavy atom. The van der Waals surface area contributed by atoms with Crippen molar-refractivity contribution in [2.75, 3.05) is 19.5 Å². The number of ether oxygens (including phenoxy) is 2. The molecule has 2 aromatic carbocycles. The normalized spacial score (nSPS) is 10.7. The molecule has 6 heteroatoms. The van der Waals surface area contributed by atoms with E-state index in [2.05, 4.69) is 5.32 Å². The first kappa shape index (κ1) is 16.6. The molecule has 0 aliphatic heterocycles. The Balaban J connectivity index is 1.97. The van der Waals surface area contributed by atoms with Gasteiger partial charge in [0.2, 0.25) is 0 Å². The first-order chi connectivity index (χ1) is 11.5. The minimum Gasteiger partial charge on any atom is -0.497 e. The summed E-state index contributed by atoms with van der Waals surface area (Å²) in [5, 5.41) is 4.12. The predicted octanol–water partition coefficient (Wildman–Crippen LogP) is 5.13. The molecule has 3 rings (SSSR count). The zero-order chi connectivity index (χ0) is 17.3. The van der Waals surface area contributed by atoms with Crippen LogP contribution in [-0.2, 0) is 0 Å². The number of nitrogens with one attached hydrogen (secondary N) is 1. The van der Waals surface area contributed by atoms with E-state index in [1.54, 1.807) is 14.2 Å². The Morgan fingerprint density at radius 1 is 1.12 bits per heavy atom. The lowest BCUT2D eigenvalue weighted by molar-refractivity contribution is 0.103. The van der Waals surface area contributed by atoms with E-state index in [0.717, 1.165) is 15.6 Å². The second-order valence-corrected chi connectivity index (χ2v) is 6.70. The number of carbonyl (C=O) groups excluding carboxylic acids is 1. The topological polar surface area (TPSA) is 47.6 Å². The highest BCUT2D eigenvalue weighted by Gasteiger charge is 2.19. The van der Waals surface area contributed by atoms with Crippen molar-refractivity contribution in [2.45, 2.75) is 6.92 Å². The summed E-state index contributed by atoms with van der Waals surface area (Å²) in [6.07, 6.45) is 0. The van der Waals surface area contributed by atoms with Crippen LogP contribution in [0.5, 0.6) is 11.5 Å². The summed E-state index contributed by atoms with van der Waals surface area (Å²) < 4.78 is 11.4. The smallest absolute Gasteiger partial charge is 0.267 e. The van der Waals surface area contributed by atoms with E-state index in [-0.39, 0.29) is 5.91 Å². The van der Waals surface area contributed by atoms with Crippen LogP contribution in [0.1, 0.15) is 15.2 Å². The van der Waals surface area contributed by atoms with Gasteiger partial charge in [-0.15, -0.1) is 11.3 Å². The number of rotatable bonds is 4. The van der Waals surface area contributed by atoms with Gasteiger partial charge in [0.15, 0.2) is 0 Å². The maximum absolute atomic E-state index is 12.7. The third-order valence-corrected chi connectivity index (χ3v) is 5.32. The molecule has 124 valence electrons. The van der Waals surface area contributed by atoms with Crippen LogP contribution in [0.15, 0.2) is 36.4 Å². The van der Waals surface area contributed by atoms with Crippen molar-refractivity contribution in [3.8, 4) is 11.5 Å². The third-order valence-electron chi connectivity index (χ3n) is 3.64. The highest BCUT2D eigenvalue weighted by atomic mass is 35.5. The molecule has 0 fully saturated rings. The van der Waals surface area contributed by atoms with Crippen molar-refractivity contribution >= 4 is 44.6 Å². The quantitative estimate of drug-likeness (QED) is 0.700. The van der Waals surface area contributed by atoms with Crippen LogP contribution in [0.4, 0.5) is 5.69 Å². The fourth-order valence-electron chi connectivity index (χ4n) is 2.42. The van der Waals surface area contributed by atoms with Gasteiger partial charge < -0.3 is 14.8 Å². The lowest BCUT2D eigenvalue weighted by Gasteiger charge is -2.10. The van der Waals surface area contributed by atoms with E-state index < -0.39 is 0 Å². The molecule has 1 aromatic heterocycles. The van der Waals surface area contributed by atoms with Gasteiger partial charge in [-0.3, -0.25) is 4.79 Å². The van der Waals surface area contributed by atoms with Gasteiger partial charge in [-0.25, -0.2) is 0 Å². The summed E-state index contributed by atoms with van der Waals surface area (Å²) >= 11 is 7.76. The lowest BCUT2D eigenvalue weighted by atomic mass is 10.2. The van der Waals surface area contributed by atoms with Crippen molar-refractivity contribution < 1.29 is 14.3 Å². The zero-order valence-corrected chi connectivity index (χ0v) is 15.0. The summed E-state index contributed by atoms with van der Waals surface area (Å²) in [4.78, 5) is 13.1. The zero-order valence-electron chi connectivity index (χ0n) is 13.5. The number of fused-ring (bicyclic) bond motifs is 1. The monoisotopic (exact) mass is 361 g/mol. The molecule has 24 heavy (non-hydrogen) atoms. The number of benzene rings is 2. The van der Waals surface area contributed by atoms with Crippen LogP contribution in [0.25, 0.3) is 10.1 Å².